The van der Waals surface area contributed by atoms with Gasteiger partial charge in [0.2, 0.25) is 5.91 Å². The van der Waals surface area contributed by atoms with E-state index in [1.165, 1.54) is 0 Å². The molecule has 0 unspecified atom stereocenters. The van der Waals surface area contributed by atoms with E-state index in [0.717, 1.165) is 0 Å². The van der Waals surface area contributed by atoms with Gasteiger partial charge in [0, 0.05) is 30.6 Å². The number of nitrogens with one attached hydrogen (secondary N) is 1. The van der Waals surface area contributed by atoms with Crippen molar-refractivity contribution < 1.29 is 9.53 Å². The van der Waals surface area contributed by atoms with Crippen molar-refractivity contribution in [2.24, 2.45) is 0 Å². The van der Waals surface area contributed by atoms with E-state index in [-0.39, 0.29) is 30.3 Å². The van der Waals surface area contributed by atoms with E-state index in [1.54, 1.807) is 28.6 Å². The Labute approximate surface area is 185 Å². The van der Waals surface area contributed by atoms with E-state index in [4.69, 9.17) is 4.74 Å². The Kier molecular flexibility index (Phi) is 6.02. The molecule has 4 aromatic rings. The van der Waals surface area contributed by atoms with Crippen LogP contribution in [0.2, 0.25) is 0 Å². The predicted octanol–water partition coefficient (Wildman–Crippen LogP) is 3.74. The first-order valence-electron chi connectivity index (χ1n) is 10.5. The normalized spacial score (nSPS) is 11.1. The fourth-order valence-electron chi connectivity index (χ4n) is 3.59. The number of carbonyl (C=O) groups excluding carboxylic acids is 1. The topological polar surface area (TPSA) is 91.0 Å². The summed E-state index contributed by atoms with van der Waals surface area (Å²) in [6.07, 6.45) is 2.00. The molecule has 0 spiro atoms. The fourth-order valence-corrected chi connectivity index (χ4v) is 3.59. The van der Waals surface area contributed by atoms with Crippen LogP contribution in [0.1, 0.15) is 32.0 Å². The molecule has 1 N–H and O–H groups in total. The number of anilines is 1. The Balaban J connectivity index is 1.63. The van der Waals surface area contributed by atoms with Crippen LogP contribution in [0.3, 0.4) is 0 Å². The number of ether oxygens (including phenoxy) is 1. The van der Waals surface area contributed by atoms with Gasteiger partial charge in [-0.15, -0.1) is 0 Å². The Morgan fingerprint density at radius 1 is 1.09 bits per heavy atom. The highest BCUT2D eigenvalue weighted by atomic mass is 16.5. The van der Waals surface area contributed by atoms with Gasteiger partial charge in [0.05, 0.1) is 24.3 Å². The standard InChI is InChI=1S/C24H25N5O3/c1-16(2)29-22(14-15-25-29)27-23(30)13-12-20-24(31)28(17-8-10-18(32-3)11-9-17)21-7-5-4-6-19(21)26-20/h4-11,14-16H,12-13H2,1-3H3,(H,27,30). The highest BCUT2D eigenvalue weighted by molar-refractivity contribution is 5.90. The monoisotopic (exact) mass is 431 g/mol. The first-order valence-corrected chi connectivity index (χ1v) is 10.5. The minimum absolute atomic E-state index is 0.124. The number of hydrogen-bond acceptors (Lipinski definition) is 5. The molecule has 0 bridgehead atoms. The number of methoxy groups -OCH3 is 1. The Morgan fingerprint density at radius 3 is 2.56 bits per heavy atom. The minimum Gasteiger partial charge on any atom is -0.497 e. The van der Waals surface area contributed by atoms with Gasteiger partial charge >= 0.3 is 0 Å². The minimum atomic E-state index is -0.242. The van der Waals surface area contributed by atoms with Crippen LogP contribution in [0.25, 0.3) is 16.7 Å². The maximum Gasteiger partial charge on any atom is 0.277 e. The zero-order valence-corrected chi connectivity index (χ0v) is 18.3. The molecule has 4 rings (SSSR count). The molecule has 32 heavy (non-hydrogen) atoms. The van der Waals surface area contributed by atoms with Gasteiger partial charge in [-0.05, 0) is 50.2 Å². The lowest BCUT2D eigenvalue weighted by Crippen LogP contribution is -2.26. The summed E-state index contributed by atoms with van der Waals surface area (Å²) in [6, 6.07) is 16.6. The third-order valence-corrected chi connectivity index (χ3v) is 5.17. The molecule has 0 radical (unpaired) electrons. The van der Waals surface area contributed by atoms with E-state index in [9.17, 15) is 9.59 Å². The maximum absolute atomic E-state index is 13.3. The summed E-state index contributed by atoms with van der Waals surface area (Å²) in [5.41, 5.74) is 2.20. The van der Waals surface area contributed by atoms with Crippen molar-refractivity contribution in [3.63, 3.8) is 0 Å². The molecule has 8 heteroatoms. The molecule has 2 aromatic heterocycles. The third-order valence-electron chi connectivity index (χ3n) is 5.17. The molecule has 1 amide bonds. The molecule has 0 saturated carbocycles. The van der Waals surface area contributed by atoms with E-state index in [0.29, 0.717) is 34.0 Å². The van der Waals surface area contributed by atoms with Crippen LogP contribution in [-0.2, 0) is 11.2 Å². The zero-order valence-electron chi connectivity index (χ0n) is 18.3. The van der Waals surface area contributed by atoms with Gasteiger partial charge in [0.1, 0.15) is 17.3 Å². The van der Waals surface area contributed by atoms with Crippen molar-refractivity contribution >= 4 is 22.8 Å². The number of aromatic nitrogens is 4. The average molecular weight is 431 g/mol. The molecule has 8 nitrogen and oxygen atoms in total. The molecule has 0 atom stereocenters. The second-order valence-corrected chi connectivity index (χ2v) is 7.69. The van der Waals surface area contributed by atoms with E-state index in [1.807, 2.05) is 62.4 Å². The van der Waals surface area contributed by atoms with Crippen molar-refractivity contribution in [1.82, 2.24) is 19.3 Å². The lowest BCUT2D eigenvalue weighted by atomic mass is 10.2. The zero-order chi connectivity index (χ0) is 22.7. The first kappa shape index (κ1) is 21.3. The van der Waals surface area contributed by atoms with Crippen molar-refractivity contribution in [3.8, 4) is 11.4 Å². The number of hydrogen-bond donors (Lipinski definition) is 1. The molecule has 164 valence electrons. The third kappa shape index (κ3) is 4.25. The van der Waals surface area contributed by atoms with E-state index in [2.05, 4.69) is 15.4 Å². The molecule has 0 aliphatic heterocycles. The lowest BCUT2D eigenvalue weighted by molar-refractivity contribution is -0.116. The van der Waals surface area contributed by atoms with Gasteiger partial charge in [-0.3, -0.25) is 14.2 Å². The van der Waals surface area contributed by atoms with E-state index < -0.39 is 0 Å². The summed E-state index contributed by atoms with van der Waals surface area (Å²) in [6.45, 7) is 3.98. The summed E-state index contributed by atoms with van der Waals surface area (Å²) >= 11 is 0. The second-order valence-electron chi connectivity index (χ2n) is 7.69. The largest absolute Gasteiger partial charge is 0.497 e. The van der Waals surface area contributed by atoms with Gasteiger partial charge in [-0.2, -0.15) is 5.10 Å². The number of rotatable bonds is 7. The van der Waals surface area contributed by atoms with Crippen LogP contribution in [0.15, 0.2) is 65.6 Å². The van der Waals surface area contributed by atoms with Crippen LogP contribution >= 0.6 is 0 Å². The quantitative estimate of drug-likeness (QED) is 0.481. The molecule has 0 aliphatic carbocycles. The van der Waals surface area contributed by atoms with Crippen LogP contribution in [0.5, 0.6) is 5.75 Å². The molecule has 2 aromatic carbocycles. The average Bonchev–Trinajstić information content (AvgIpc) is 3.26. The number of carbonyl (C=O) groups is 1. The summed E-state index contributed by atoms with van der Waals surface area (Å²) in [5, 5.41) is 7.09. The Hall–Kier alpha value is -3.94. The summed E-state index contributed by atoms with van der Waals surface area (Å²) in [4.78, 5) is 30.4. The highest BCUT2D eigenvalue weighted by Crippen LogP contribution is 2.19. The molecule has 0 aliphatic rings. The fraction of sp³-hybridized carbons (Fsp3) is 0.250. The molecule has 2 heterocycles. The van der Waals surface area contributed by atoms with Gasteiger partial charge < -0.3 is 10.1 Å². The van der Waals surface area contributed by atoms with Crippen LogP contribution in [0, 0.1) is 0 Å². The number of para-hydroxylation sites is 2. The Morgan fingerprint density at radius 2 is 1.84 bits per heavy atom. The van der Waals surface area contributed by atoms with Gasteiger partial charge in [-0.1, -0.05) is 12.1 Å². The van der Waals surface area contributed by atoms with Crippen molar-refractivity contribution in [2.45, 2.75) is 32.7 Å². The van der Waals surface area contributed by atoms with Gasteiger partial charge in [0.25, 0.3) is 5.56 Å². The summed E-state index contributed by atoms with van der Waals surface area (Å²) < 4.78 is 8.59. The molecule has 0 fully saturated rings. The van der Waals surface area contributed by atoms with Crippen molar-refractivity contribution in [2.75, 3.05) is 12.4 Å². The molecule has 0 saturated heterocycles. The Bertz CT molecular complexity index is 1310. The number of benzene rings is 2. The smallest absolute Gasteiger partial charge is 0.277 e. The number of aryl methyl sites for hydroxylation is 1. The van der Waals surface area contributed by atoms with Crippen LogP contribution < -0.4 is 15.6 Å². The molecular formula is C24H25N5O3. The van der Waals surface area contributed by atoms with Gasteiger partial charge in [0.15, 0.2) is 0 Å². The van der Waals surface area contributed by atoms with Crippen molar-refractivity contribution in [3.05, 3.63) is 76.8 Å². The summed E-state index contributed by atoms with van der Waals surface area (Å²) in [5.74, 6) is 1.14. The number of fused-ring (bicyclic) bond motifs is 1. The lowest BCUT2D eigenvalue weighted by Gasteiger charge is -2.13. The van der Waals surface area contributed by atoms with Crippen LogP contribution in [-0.4, -0.2) is 32.3 Å². The predicted molar refractivity (Wildman–Crippen MR) is 123 cm³/mol. The van der Waals surface area contributed by atoms with Crippen molar-refractivity contribution in [1.29, 1.82) is 0 Å². The summed E-state index contributed by atoms with van der Waals surface area (Å²) in [7, 11) is 1.60. The van der Waals surface area contributed by atoms with Gasteiger partial charge in [-0.25, -0.2) is 9.67 Å². The highest BCUT2D eigenvalue weighted by Gasteiger charge is 2.15. The number of amides is 1. The maximum atomic E-state index is 13.3. The SMILES string of the molecule is COc1ccc(-n2c(=O)c(CCC(=O)Nc3ccnn3C(C)C)nc3ccccc32)cc1. The molecular weight excluding hydrogens is 406 g/mol. The van der Waals surface area contributed by atoms with E-state index >= 15 is 0 Å². The van der Waals surface area contributed by atoms with Crippen LogP contribution in [0.4, 0.5) is 5.82 Å². The number of nitrogens with zero attached hydrogens (tertiary/aromatic N) is 4. The second kappa shape index (κ2) is 9.05. The first-order chi connectivity index (χ1) is 15.5.